The van der Waals surface area contributed by atoms with E-state index in [0.717, 1.165) is 60.6 Å². The molecule has 2 aliphatic rings. The molecule has 0 atom stereocenters. The van der Waals surface area contributed by atoms with Gasteiger partial charge in [0, 0.05) is 43.7 Å². The molecule has 2 aromatic carbocycles. The minimum absolute atomic E-state index is 0.224. The molecule has 7 heteroatoms. The third-order valence-corrected chi connectivity index (χ3v) is 6.02. The number of hydrogen-bond donors (Lipinski definition) is 0. The first-order valence-corrected chi connectivity index (χ1v) is 10.2. The van der Waals surface area contributed by atoms with Crippen LogP contribution in [-0.2, 0) is 6.54 Å². The van der Waals surface area contributed by atoms with Crippen LogP contribution < -0.4 is 14.4 Å². The molecule has 0 bridgehead atoms. The molecular formula is C21H20FN3O2S. The summed E-state index contributed by atoms with van der Waals surface area (Å²) in [6, 6.07) is 12.7. The van der Waals surface area contributed by atoms with E-state index in [1.54, 1.807) is 23.5 Å². The van der Waals surface area contributed by atoms with Crippen LogP contribution >= 0.6 is 11.3 Å². The van der Waals surface area contributed by atoms with Gasteiger partial charge in [-0.15, -0.1) is 11.3 Å². The summed E-state index contributed by atoms with van der Waals surface area (Å²) in [5.41, 5.74) is 3.10. The largest absolute Gasteiger partial charge is 0.454 e. The highest BCUT2D eigenvalue weighted by Gasteiger charge is 2.21. The maximum absolute atomic E-state index is 13.1. The van der Waals surface area contributed by atoms with Crippen LogP contribution in [0.5, 0.6) is 11.5 Å². The zero-order valence-electron chi connectivity index (χ0n) is 15.3. The normalized spacial score (nSPS) is 16.5. The van der Waals surface area contributed by atoms with Crippen molar-refractivity contribution in [3.63, 3.8) is 0 Å². The first-order chi connectivity index (χ1) is 13.7. The molecule has 1 saturated heterocycles. The fourth-order valence-electron chi connectivity index (χ4n) is 3.56. The Balaban J connectivity index is 1.20. The molecule has 5 nitrogen and oxygen atoms in total. The van der Waals surface area contributed by atoms with Crippen molar-refractivity contribution in [3.05, 3.63) is 59.2 Å². The number of fused-ring (bicyclic) bond motifs is 1. The lowest BCUT2D eigenvalue weighted by molar-refractivity contribution is 0.174. The predicted molar refractivity (Wildman–Crippen MR) is 108 cm³/mol. The van der Waals surface area contributed by atoms with Gasteiger partial charge in [0.1, 0.15) is 5.82 Å². The average molecular weight is 397 g/mol. The summed E-state index contributed by atoms with van der Waals surface area (Å²) in [4.78, 5) is 9.53. The summed E-state index contributed by atoms with van der Waals surface area (Å²) in [5.74, 6) is 1.44. The number of anilines is 1. The SMILES string of the molecule is Fc1ccc(-c2csc(N3CCN(Cc4ccc5c(c4)OCO5)CC3)n2)cc1. The number of nitrogens with zero attached hydrogens (tertiary/aromatic N) is 3. The quantitative estimate of drug-likeness (QED) is 0.665. The Labute approximate surface area is 166 Å². The van der Waals surface area contributed by atoms with Gasteiger partial charge in [-0.3, -0.25) is 4.90 Å². The lowest BCUT2D eigenvalue weighted by Crippen LogP contribution is -2.45. The van der Waals surface area contributed by atoms with E-state index in [-0.39, 0.29) is 5.82 Å². The van der Waals surface area contributed by atoms with E-state index in [0.29, 0.717) is 6.79 Å². The van der Waals surface area contributed by atoms with Gasteiger partial charge in [-0.1, -0.05) is 6.07 Å². The van der Waals surface area contributed by atoms with Crippen LogP contribution in [0.1, 0.15) is 5.56 Å². The minimum Gasteiger partial charge on any atom is -0.454 e. The molecule has 144 valence electrons. The Morgan fingerprint density at radius 1 is 0.964 bits per heavy atom. The van der Waals surface area contributed by atoms with E-state index >= 15 is 0 Å². The number of halogens is 1. The van der Waals surface area contributed by atoms with E-state index in [1.165, 1.54) is 17.7 Å². The molecule has 3 aromatic rings. The number of thiazole rings is 1. The molecule has 0 aliphatic carbocycles. The lowest BCUT2D eigenvalue weighted by Gasteiger charge is -2.34. The van der Waals surface area contributed by atoms with Crippen molar-refractivity contribution in [2.75, 3.05) is 37.9 Å². The van der Waals surface area contributed by atoms with Crippen molar-refractivity contribution in [1.29, 1.82) is 0 Å². The van der Waals surface area contributed by atoms with Crippen molar-refractivity contribution in [3.8, 4) is 22.8 Å². The van der Waals surface area contributed by atoms with Gasteiger partial charge in [0.05, 0.1) is 5.69 Å². The molecule has 3 heterocycles. The fraction of sp³-hybridized carbons (Fsp3) is 0.286. The van der Waals surface area contributed by atoms with Gasteiger partial charge >= 0.3 is 0 Å². The first-order valence-electron chi connectivity index (χ1n) is 9.32. The molecule has 28 heavy (non-hydrogen) atoms. The highest BCUT2D eigenvalue weighted by atomic mass is 32.1. The molecule has 5 rings (SSSR count). The molecule has 1 fully saturated rings. The Kier molecular flexibility index (Phi) is 4.62. The Morgan fingerprint density at radius 3 is 2.57 bits per heavy atom. The molecule has 0 saturated carbocycles. The van der Waals surface area contributed by atoms with Crippen LogP contribution in [0.3, 0.4) is 0 Å². The van der Waals surface area contributed by atoms with Gasteiger partial charge in [-0.25, -0.2) is 9.37 Å². The van der Waals surface area contributed by atoms with Crippen molar-refractivity contribution < 1.29 is 13.9 Å². The first kappa shape index (κ1) is 17.5. The van der Waals surface area contributed by atoms with Crippen molar-refractivity contribution in [2.24, 2.45) is 0 Å². The molecule has 0 radical (unpaired) electrons. The summed E-state index contributed by atoms with van der Waals surface area (Å²) < 4.78 is 24.0. The molecule has 0 amide bonds. The van der Waals surface area contributed by atoms with Crippen LogP contribution in [0.4, 0.5) is 9.52 Å². The molecule has 1 aromatic heterocycles. The fourth-order valence-corrected chi connectivity index (χ4v) is 4.45. The third-order valence-electron chi connectivity index (χ3n) is 5.12. The monoisotopic (exact) mass is 397 g/mol. The zero-order chi connectivity index (χ0) is 18.9. The smallest absolute Gasteiger partial charge is 0.231 e. The van der Waals surface area contributed by atoms with E-state index < -0.39 is 0 Å². The summed E-state index contributed by atoms with van der Waals surface area (Å²) >= 11 is 1.65. The number of piperazine rings is 1. The van der Waals surface area contributed by atoms with E-state index in [4.69, 9.17) is 14.5 Å². The average Bonchev–Trinajstić information content (AvgIpc) is 3.38. The van der Waals surface area contributed by atoms with Crippen LogP contribution in [0, 0.1) is 5.82 Å². The van der Waals surface area contributed by atoms with Crippen LogP contribution in [0.15, 0.2) is 47.8 Å². The van der Waals surface area contributed by atoms with Gasteiger partial charge in [-0.05, 0) is 42.0 Å². The highest BCUT2D eigenvalue weighted by Crippen LogP contribution is 2.33. The summed E-state index contributed by atoms with van der Waals surface area (Å²) in [7, 11) is 0. The maximum Gasteiger partial charge on any atom is 0.231 e. The summed E-state index contributed by atoms with van der Waals surface area (Å²) in [6.45, 7) is 5.08. The number of benzene rings is 2. The second-order valence-corrected chi connectivity index (χ2v) is 7.81. The van der Waals surface area contributed by atoms with Gasteiger partial charge in [0.2, 0.25) is 6.79 Å². The summed E-state index contributed by atoms with van der Waals surface area (Å²) in [5, 5.41) is 3.07. The second-order valence-electron chi connectivity index (χ2n) is 6.97. The molecule has 0 spiro atoms. The van der Waals surface area contributed by atoms with Gasteiger partial charge < -0.3 is 14.4 Å². The topological polar surface area (TPSA) is 37.8 Å². The van der Waals surface area contributed by atoms with Gasteiger partial charge in [0.15, 0.2) is 16.6 Å². The third kappa shape index (κ3) is 3.55. The molecule has 2 aliphatic heterocycles. The second kappa shape index (κ2) is 7.41. The Hall–Kier alpha value is -2.64. The van der Waals surface area contributed by atoms with E-state index in [1.807, 2.05) is 11.4 Å². The number of rotatable bonds is 4. The predicted octanol–water partition coefficient (Wildman–Crippen LogP) is 4.00. The van der Waals surface area contributed by atoms with Crippen LogP contribution in [-0.4, -0.2) is 42.9 Å². The number of hydrogen-bond acceptors (Lipinski definition) is 6. The van der Waals surface area contributed by atoms with Crippen LogP contribution in [0.25, 0.3) is 11.3 Å². The number of ether oxygens (including phenoxy) is 2. The Bertz CT molecular complexity index is 968. The number of aromatic nitrogens is 1. The van der Waals surface area contributed by atoms with E-state index in [9.17, 15) is 4.39 Å². The summed E-state index contributed by atoms with van der Waals surface area (Å²) in [6.07, 6.45) is 0. The van der Waals surface area contributed by atoms with Gasteiger partial charge in [0.25, 0.3) is 0 Å². The minimum atomic E-state index is -0.224. The standard InChI is InChI=1S/C21H20FN3O2S/c22-17-4-2-16(3-5-17)18-13-28-21(23-18)25-9-7-24(8-10-25)12-15-1-6-19-20(11-15)27-14-26-19/h1-6,11,13H,7-10,12,14H2. The molecule has 0 unspecified atom stereocenters. The molecular weight excluding hydrogens is 377 g/mol. The Morgan fingerprint density at radius 2 is 1.75 bits per heavy atom. The van der Waals surface area contributed by atoms with Crippen molar-refractivity contribution in [1.82, 2.24) is 9.88 Å². The lowest BCUT2D eigenvalue weighted by atomic mass is 10.1. The maximum atomic E-state index is 13.1. The van der Waals surface area contributed by atoms with Crippen molar-refractivity contribution >= 4 is 16.5 Å². The van der Waals surface area contributed by atoms with E-state index in [2.05, 4.69) is 21.9 Å². The van der Waals surface area contributed by atoms with Gasteiger partial charge in [-0.2, -0.15) is 0 Å². The molecule has 0 N–H and O–H groups in total. The zero-order valence-corrected chi connectivity index (χ0v) is 16.1. The van der Waals surface area contributed by atoms with Crippen LogP contribution in [0.2, 0.25) is 0 Å². The van der Waals surface area contributed by atoms with Crippen molar-refractivity contribution in [2.45, 2.75) is 6.54 Å². The highest BCUT2D eigenvalue weighted by molar-refractivity contribution is 7.14.